The monoisotopic (exact) mass is 602 g/mol. The Morgan fingerprint density at radius 1 is 1.10 bits per heavy atom. The van der Waals surface area contributed by atoms with Gasteiger partial charge in [-0.3, -0.25) is 14.1 Å². The summed E-state index contributed by atoms with van der Waals surface area (Å²) in [6.07, 6.45) is -2.18. The number of benzene rings is 2. The smallest absolute Gasteiger partial charge is 0.459 e. The number of nitrogens with zero attached hydrogens (tertiary/aromatic N) is 1. The Labute approximate surface area is 243 Å². The van der Waals surface area contributed by atoms with Crippen LogP contribution in [0.1, 0.15) is 44.3 Å². The number of nitrogens with two attached hydrogens (primary N) is 1. The molecule has 4 rings (SSSR count). The summed E-state index contributed by atoms with van der Waals surface area (Å²) in [7, 11) is -4.32. The second-order valence-corrected chi connectivity index (χ2v) is 13.0. The molecule has 226 valence electrons. The van der Waals surface area contributed by atoms with Crippen molar-refractivity contribution in [2.24, 2.45) is 11.1 Å². The van der Waals surface area contributed by atoms with Gasteiger partial charge in [-0.1, -0.05) is 57.2 Å². The van der Waals surface area contributed by atoms with E-state index < -0.39 is 56.8 Å². The molecule has 1 saturated heterocycles. The van der Waals surface area contributed by atoms with E-state index in [1.54, 1.807) is 30.3 Å². The van der Waals surface area contributed by atoms with Gasteiger partial charge in [0.05, 0.1) is 13.2 Å². The minimum atomic E-state index is -4.32. The summed E-state index contributed by atoms with van der Waals surface area (Å²) in [5.41, 5.74) is 5.25. The molecule has 0 saturated carbocycles. The number of carbonyl (C=O) groups is 2. The van der Waals surface area contributed by atoms with Gasteiger partial charge in [0.25, 0.3) is 12.1 Å². The molecule has 1 amide bonds. The maximum Gasteiger partial charge on any atom is 0.459 e. The molecule has 0 aliphatic carbocycles. The van der Waals surface area contributed by atoms with E-state index >= 15 is 0 Å². The number of rotatable bonds is 11. The van der Waals surface area contributed by atoms with Crippen LogP contribution in [0, 0.1) is 5.41 Å². The molecule has 1 aromatic heterocycles. The van der Waals surface area contributed by atoms with Gasteiger partial charge in [-0.05, 0) is 29.9 Å². The van der Waals surface area contributed by atoms with Gasteiger partial charge in [-0.2, -0.15) is 9.65 Å². The quantitative estimate of drug-likeness (QED) is 0.145. The van der Waals surface area contributed by atoms with Crippen LogP contribution in [0.15, 0.2) is 67.0 Å². The average molecular weight is 603 g/mol. The third-order valence-electron chi connectivity index (χ3n) is 6.47. The van der Waals surface area contributed by atoms with Crippen LogP contribution in [0.5, 0.6) is 5.75 Å². The third-order valence-corrected chi connectivity index (χ3v) is 8.10. The second-order valence-electron chi connectivity index (χ2n) is 11.3. The fourth-order valence-corrected chi connectivity index (χ4v) is 5.80. The summed E-state index contributed by atoms with van der Waals surface area (Å²) in [6, 6.07) is 14.5. The lowest BCUT2D eigenvalue weighted by Crippen LogP contribution is -2.46. The number of hydrogen-bond acceptors (Lipinski definition) is 9. The van der Waals surface area contributed by atoms with Gasteiger partial charge in [-0.25, -0.2) is 4.57 Å². The predicted molar refractivity (Wildman–Crippen MR) is 152 cm³/mol. The Bertz CT molecular complexity index is 1470. The van der Waals surface area contributed by atoms with E-state index in [0.717, 1.165) is 5.39 Å². The maximum atomic E-state index is 14.1. The standard InChI is InChI=1S/C29H36N3O9P/c1-18(28(36)38-17-29(2,3)4)31-42(37,41-22-13-7-10-19-9-5-6-12-21(19)22)39-16-23-24(33)25(34)27(40-23)32-14-8-11-20(15-32)26(30)35/h5-15,18,23-25,27,33-34H,16-17H2,1-4H3,(H2-,30,31,35,37)/p+1/t18-,23?,24?,25?,27+,42?/m0/s1. The van der Waals surface area contributed by atoms with Crippen molar-refractivity contribution in [2.75, 3.05) is 13.2 Å². The molecule has 6 atom stereocenters. The molecule has 2 aromatic carbocycles. The van der Waals surface area contributed by atoms with Crippen molar-refractivity contribution in [1.82, 2.24) is 5.09 Å². The van der Waals surface area contributed by atoms with Gasteiger partial charge in [0.2, 0.25) is 0 Å². The number of nitrogens with one attached hydrogen (secondary N) is 1. The van der Waals surface area contributed by atoms with Crippen LogP contribution in [0.3, 0.4) is 0 Å². The lowest BCUT2D eigenvalue weighted by molar-refractivity contribution is -0.765. The van der Waals surface area contributed by atoms with E-state index in [9.17, 15) is 24.4 Å². The van der Waals surface area contributed by atoms with Crippen molar-refractivity contribution < 1.29 is 47.5 Å². The highest BCUT2D eigenvalue weighted by Crippen LogP contribution is 2.47. The van der Waals surface area contributed by atoms with Crippen LogP contribution in [0.4, 0.5) is 0 Å². The Balaban J connectivity index is 1.54. The number of hydrogen-bond donors (Lipinski definition) is 4. The summed E-state index contributed by atoms with van der Waals surface area (Å²) >= 11 is 0. The largest absolute Gasteiger partial charge is 0.464 e. The molecule has 3 aromatic rings. The number of esters is 1. The van der Waals surface area contributed by atoms with E-state index in [4.69, 9.17) is 24.3 Å². The van der Waals surface area contributed by atoms with Gasteiger partial charge in [0.15, 0.2) is 18.5 Å². The first-order valence-corrected chi connectivity index (χ1v) is 15.0. The lowest BCUT2D eigenvalue weighted by Gasteiger charge is -2.25. The number of aromatic nitrogens is 1. The van der Waals surface area contributed by atoms with Crippen molar-refractivity contribution in [3.8, 4) is 5.75 Å². The van der Waals surface area contributed by atoms with Crippen LogP contribution in [-0.4, -0.2) is 59.7 Å². The molecule has 1 aliphatic rings. The zero-order chi connectivity index (χ0) is 30.7. The van der Waals surface area contributed by atoms with Crippen molar-refractivity contribution in [3.05, 3.63) is 72.6 Å². The van der Waals surface area contributed by atoms with Crippen LogP contribution < -0.4 is 19.9 Å². The average Bonchev–Trinajstić information content (AvgIpc) is 3.23. The molecule has 0 bridgehead atoms. The summed E-state index contributed by atoms with van der Waals surface area (Å²) in [6.45, 7) is 6.86. The molecule has 0 spiro atoms. The van der Waals surface area contributed by atoms with Crippen molar-refractivity contribution in [1.29, 1.82) is 0 Å². The minimum Gasteiger partial charge on any atom is -0.464 e. The fraction of sp³-hybridized carbons (Fsp3) is 0.414. The molecular weight excluding hydrogens is 565 g/mol. The molecule has 5 N–H and O–H groups in total. The van der Waals surface area contributed by atoms with E-state index in [0.29, 0.717) is 5.39 Å². The molecule has 4 unspecified atom stereocenters. The molecule has 42 heavy (non-hydrogen) atoms. The van der Waals surface area contributed by atoms with Gasteiger partial charge < -0.3 is 29.9 Å². The van der Waals surface area contributed by atoms with E-state index in [1.807, 2.05) is 39.0 Å². The molecule has 1 fully saturated rings. The lowest BCUT2D eigenvalue weighted by atomic mass is 9.99. The van der Waals surface area contributed by atoms with E-state index in [1.165, 1.54) is 30.0 Å². The number of pyridine rings is 1. The van der Waals surface area contributed by atoms with Gasteiger partial charge in [-0.15, -0.1) is 0 Å². The predicted octanol–water partition coefficient (Wildman–Crippen LogP) is 2.62. The number of primary amides is 1. The van der Waals surface area contributed by atoms with Gasteiger partial charge in [0.1, 0.15) is 29.6 Å². The summed E-state index contributed by atoms with van der Waals surface area (Å²) in [5.74, 6) is -1.09. The highest BCUT2D eigenvalue weighted by molar-refractivity contribution is 7.52. The normalized spacial score (nSPS) is 22.8. The van der Waals surface area contributed by atoms with Crippen molar-refractivity contribution >= 4 is 30.4 Å². The molecule has 13 heteroatoms. The topological polar surface area (TPSA) is 171 Å². The first kappa shape index (κ1) is 31.6. The summed E-state index contributed by atoms with van der Waals surface area (Å²) in [4.78, 5) is 24.3. The number of fused-ring (bicyclic) bond motifs is 1. The van der Waals surface area contributed by atoms with Crippen LogP contribution >= 0.6 is 7.75 Å². The van der Waals surface area contributed by atoms with E-state index in [2.05, 4.69) is 5.09 Å². The third kappa shape index (κ3) is 7.71. The molecule has 2 heterocycles. The number of carbonyl (C=O) groups excluding carboxylic acids is 2. The maximum absolute atomic E-state index is 14.1. The van der Waals surface area contributed by atoms with E-state index in [-0.39, 0.29) is 23.3 Å². The number of amides is 1. The molecule has 1 aliphatic heterocycles. The fourth-order valence-electron chi connectivity index (χ4n) is 4.28. The van der Waals surface area contributed by atoms with Crippen LogP contribution in [-0.2, 0) is 23.4 Å². The summed E-state index contributed by atoms with van der Waals surface area (Å²) < 4.78 is 38.4. The first-order valence-electron chi connectivity index (χ1n) is 13.4. The van der Waals surface area contributed by atoms with Crippen molar-refractivity contribution in [2.45, 2.75) is 58.3 Å². The summed E-state index contributed by atoms with van der Waals surface area (Å²) in [5, 5.41) is 25.5. The molecular formula is C29H37N3O9P+. The number of aliphatic hydroxyl groups is 2. The van der Waals surface area contributed by atoms with Crippen LogP contribution in [0.2, 0.25) is 0 Å². The molecule has 12 nitrogen and oxygen atoms in total. The zero-order valence-electron chi connectivity index (χ0n) is 23.9. The minimum absolute atomic E-state index is 0.142. The van der Waals surface area contributed by atoms with Gasteiger partial charge in [0, 0.05) is 11.5 Å². The molecule has 0 radical (unpaired) electrons. The first-order chi connectivity index (χ1) is 19.8. The highest BCUT2D eigenvalue weighted by atomic mass is 31.2. The Morgan fingerprint density at radius 2 is 1.81 bits per heavy atom. The second kappa shape index (κ2) is 12.9. The highest BCUT2D eigenvalue weighted by Gasteiger charge is 2.49. The number of ether oxygens (including phenoxy) is 2. The van der Waals surface area contributed by atoms with Crippen LogP contribution in [0.25, 0.3) is 10.8 Å². The zero-order valence-corrected chi connectivity index (χ0v) is 24.8. The SMILES string of the molecule is C[C@H](NP(=O)(OCC1O[C@@H]([n+]2cccc(C(N)=O)c2)C(O)C1O)Oc1cccc2ccccc12)C(=O)OCC(C)(C)C. The number of aliphatic hydroxyl groups excluding tert-OH is 2. The van der Waals surface area contributed by atoms with Crippen molar-refractivity contribution in [3.63, 3.8) is 0 Å². The van der Waals surface area contributed by atoms with Gasteiger partial charge >= 0.3 is 13.7 Å². The Hall–Kier alpha value is -3.38. The Kier molecular flexibility index (Phi) is 9.67. The Morgan fingerprint density at radius 3 is 2.52 bits per heavy atom.